The summed E-state index contributed by atoms with van der Waals surface area (Å²) in [5.74, 6) is 0.0592. The Morgan fingerprint density at radius 2 is 2.00 bits per heavy atom. The summed E-state index contributed by atoms with van der Waals surface area (Å²) < 4.78 is 5.36. The minimum Gasteiger partial charge on any atom is -0.379 e. The van der Waals surface area contributed by atoms with Crippen molar-refractivity contribution in [2.75, 3.05) is 13.2 Å². The molecule has 0 aromatic heterocycles. The molecule has 0 aliphatic carbocycles. The van der Waals surface area contributed by atoms with Crippen molar-refractivity contribution in [3.05, 3.63) is 35.4 Å². The van der Waals surface area contributed by atoms with Crippen LogP contribution < -0.4 is 0 Å². The van der Waals surface area contributed by atoms with Crippen LogP contribution >= 0.6 is 0 Å². The van der Waals surface area contributed by atoms with Crippen LogP contribution in [0.25, 0.3) is 0 Å². The SMILES string of the molecule is CCC(C#N)C1(c2ccc(C)cc2)COC1. The highest BCUT2D eigenvalue weighted by molar-refractivity contribution is 5.33. The Balaban J connectivity index is 2.35. The maximum absolute atomic E-state index is 9.24. The lowest BCUT2D eigenvalue weighted by Crippen LogP contribution is -2.51. The first kappa shape index (κ1) is 11.2. The average Bonchev–Trinajstić information content (AvgIpc) is 2.25. The standard InChI is InChI=1S/C14H17NO/c1-3-12(8-15)14(9-16-10-14)13-6-4-11(2)5-7-13/h4-7,12H,3,9-10H2,1-2H3. The predicted molar refractivity (Wildman–Crippen MR) is 63.1 cm³/mol. The van der Waals surface area contributed by atoms with E-state index in [-0.39, 0.29) is 11.3 Å². The summed E-state index contributed by atoms with van der Waals surface area (Å²) in [4.78, 5) is 0. The van der Waals surface area contributed by atoms with Gasteiger partial charge in [-0.2, -0.15) is 5.26 Å². The highest BCUT2D eigenvalue weighted by Crippen LogP contribution is 2.40. The van der Waals surface area contributed by atoms with E-state index >= 15 is 0 Å². The van der Waals surface area contributed by atoms with Gasteiger partial charge in [-0.25, -0.2) is 0 Å². The molecule has 2 heteroatoms. The molecule has 16 heavy (non-hydrogen) atoms. The Kier molecular flexibility index (Phi) is 2.98. The third-order valence-electron chi connectivity index (χ3n) is 3.58. The summed E-state index contributed by atoms with van der Waals surface area (Å²) in [5, 5.41) is 9.24. The van der Waals surface area contributed by atoms with Crippen molar-refractivity contribution in [3.8, 4) is 6.07 Å². The fourth-order valence-corrected chi connectivity index (χ4v) is 2.38. The first-order valence-corrected chi connectivity index (χ1v) is 5.77. The van der Waals surface area contributed by atoms with E-state index in [9.17, 15) is 5.26 Å². The van der Waals surface area contributed by atoms with Gasteiger partial charge in [0.2, 0.25) is 0 Å². The maximum Gasteiger partial charge on any atom is 0.0666 e. The molecule has 1 aliphatic heterocycles. The summed E-state index contributed by atoms with van der Waals surface area (Å²) in [6.45, 7) is 5.52. The molecule has 1 fully saturated rings. The predicted octanol–water partition coefficient (Wildman–Crippen LogP) is 2.81. The lowest BCUT2D eigenvalue weighted by Gasteiger charge is -2.45. The second-order valence-electron chi connectivity index (χ2n) is 4.60. The van der Waals surface area contributed by atoms with E-state index in [4.69, 9.17) is 4.74 Å². The zero-order chi connectivity index (χ0) is 11.6. The van der Waals surface area contributed by atoms with Crippen molar-refractivity contribution in [1.29, 1.82) is 5.26 Å². The second-order valence-corrected chi connectivity index (χ2v) is 4.60. The topological polar surface area (TPSA) is 33.0 Å². The lowest BCUT2D eigenvalue weighted by atomic mass is 9.68. The smallest absolute Gasteiger partial charge is 0.0666 e. The summed E-state index contributed by atoms with van der Waals surface area (Å²) >= 11 is 0. The first-order chi connectivity index (χ1) is 7.73. The zero-order valence-corrected chi connectivity index (χ0v) is 9.86. The van der Waals surface area contributed by atoms with E-state index < -0.39 is 0 Å². The molecule has 0 saturated carbocycles. The van der Waals surface area contributed by atoms with Gasteiger partial charge in [-0.05, 0) is 18.9 Å². The van der Waals surface area contributed by atoms with Gasteiger partial charge in [0, 0.05) is 0 Å². The molecule has 0 spiro atoms. The van der Waals surface area contributed by atoms with Gasteiger partial charge in [-0.15, -0.1) is 0 Å². The van der Waals surface area contributed by atoms with E-state index in [0.717, 1.165) is 6.42 Å². The van der Waals surface area contributed by atoms with E-state index in [1.165, 1.54) is 11.1 Å². The molecule has 1 aromatic carbocycles. The number of rotatable bonds is 3. The molecule has 1 atom stereocenters. The molecule has 0 bridgehead atoms. The Morgan fingerprint density at radius 3 is 2.38 bits per heavy atom. The Hall–Kier alpha value is -1.33. The molecule has 1 saturated heterocycles. The van der Waals surface area contributed by atoms with Crippen LogP contribution in [-0.4, -0.2) is 13.2 Å². The van der Waals surface area contributed by atoms with Crippen molar-refractivity contribution in [2.45, 2.75) is 25.7 Å². The largest absolute Gasteiger partial charge is 0.379 e. The van der Waals surface area contributed by atoms with Crippen LogP contribution in [0.5, 0.6) is 0 Å². The molecule has 1 heterocycles. The van der Waals surface area contributed by atoms with Crippen molar-refractivity contribution in [2.24, 2.45) is 5.92 Å². The van der Waals surface area contributed by atoms with Crippen LogP contribution in [0.4, 0.5) is 0 Å². The third kappa shape index (κ3) is 1.62. The molecular formula is C14H17NO. The van der Waals surface area contributed by atoms with Gasteiger partial charge in [0.25, 0.3) is 0 Å². The van der Waals surface area contributed by atoms with Gasteiger partial charge in [-0.3, -0.25) is 0 Å². The molecule has 84 valence electrons. The molecular weight excluding hydrogens is 198 g/mol. The second kappa shape index (κ2) is 4.27. The third-order valence-corrected chi connectivity index (χ3v) is 3.58. The average molecular weight is 215 g/mol. The van der Waals surface area contributed by atoms with Crippen LogP contribution in [0.1, 0.15) is 24.5 Å². The fraction of sp³-hybridized carbons (Fsp3) is 0.500. The molecule has 1 aliphatic rings. The van der Waals surface area contributed by atoms with Crippen molar-refractivity contribution < 1.29 is 4.74 Å². The zero-order valence-electron chi connectivity index (χ0n) is 9.86. The van der Waals surface area contributed by atoms with Crippen molar-refractivity contribution >= 4 is 0 Å². The molecule has 1 aromatic rings. The van der Waals surface area contributed by atoms with Gasteiger partial charge in [-0.1, -0.05) is 36.8 Å². The van der Waals surface area contributed by atoms with E-state index in [1.54, 1.807) is 0 Å². The summed E-state index contributed by atoms with van der Waals surface area (Å²) in [6, 6.07) is 10.9. The summed E-state index contributed by atoms with van der Waals surface area (Å²) in [7, 11) is 0. The van der Waals surface area contributed by atoms with Crippen LogP contribution in [0.15, 0.2) is 24.3 Å². The molecule has 0 amide bonds. The Labute approximate surface area is 96.9 Å². The Morgan fingerprint density at radius 1 is 1.38 bits per heavy atom. The Bertz CT molecular complexity index is 398. The minimum atomic E-state index is -0.0583. The normalized spacial score (nSPS) is 19.6. The number of nitriles is 1. The summed E-state index contributed by atoms with van der Waals surface area (Å²) in [5.41, 5.74) is 2.44. The lowest BCUT2D eigenvalue weighted by molar-refractivity contribution is -0.0804. The fourth-order valence-electron chi connectivity index (χ4n) is 2.38. The molecule has 0 N–H and O–H groups in total. The van der Waals surface area contributed by atoms with E-state index in [0.29, 0.717) is 13.2 Å². The molecule has 2 rings (SSSR count). The number of ether oxygens (including phenoxy) is 1. The monoisotopic (exact) mass is 215 g/mol. The molecule has 1 unspecified atom stereocenters. The maximum atomic E-state index is 9.24. The van der Waals surface area contributed by atoms with E-state index in [1.807, 2.05) is 0 Å². The van der Waals surface area contributed by atoms with Gasteiger partial charge in [0.05, 0.1) is 30.6 Å². The highest BCUT2D eigenvalue weighted by atomic mass is 16.5. The van der Waals surface area contributed by atoms with Gasteiger partial charge in [0.1, 0.15) is 0 Å². The van der Waals surface area contributed by atoms with Crippen molar-refractivity contribution in [3.63, 3.8) is 0 Å². The van der Waals surface area contributed by atoms with Crippen molar-refractivity contribution in [1.82, 2.24) is 0 Å². The molecule has 0 radical (unpaired) electrons. The van der Waals surface area contributed by atoms with Crippen LogP contribution in [-0.2, 0) is 10.2 Å². The number of aryl methyl sites for hydroxylation is 1. The van der Waals surface area contributed by atoms with Gasteiger partial charge >= 0.3 is 0 Å². The highest BCUT2D eigenvalue weighted by Gasteiger charge is 2.46. The minimum absolute atomic E-state index is 0.0583. The van der Waals surface area contributed by atoms with Crippen LogP contribution in [0, 0.1) is 24.2 Å². The number of nitrogens with zero attached hydrogens (tertiary/aromatic N) is 1. The number of hydrogen-bond donors (Lipinski definition) is 0. The van der Waals surface area contributed by atoms with E-state index in [2.05, 4.69) is 44.2 Å². The van der Waals surface area contributed by atoms with Crippen LogP contribution in [0.2, 0.25) is 0 Å². The van der Waals surface area contributed by atoms with Crippen LogP contribution in [0.3, 0.4) is 0 Å². The quantitative estimate of drug-likeness (QED) is 0.776. The van der Waals surface area contributed by atoms with Gasteiger partial charge in [0.15, 0.2) is 0 Å². The van der Waals surface area contributed by atoms with Gasteiger partial charge < -0.3 is 4.74 Å². The first-order valence-electron chi connectivity index (χ1n) is 5.77. The number of benzene rings is 1. The summed E-state index contributed by atoms with van der Waals surface area (Å²) in [6.07, 6.45) is 0.883. The number of hydrogen-bond acceptors (Lipinski definition) is 2. The molecule has 2 nitrogen and oxygen atoms in total.